The molecule has 1 fully saturated rings. The van der Waals surface area contributed by atoms with E-state index in [1.165, 1.54) is 43.7 Å². The Kier molecular flexibility index (Phi) is 8.34. The summed E-state index contributed by atoms with van der Waals surface area (Å²) in [4.78, 5) is 49.1. The third-order valence-corrected chi connectivity index (χ3v) is 6.03. The SMILES string of the molecule is CCOC(=O)C1=C(/C=C/C(=O)C2CCCCC2)NC=C(C(=O)OC)C1c1cccc([N+](=O)[O-])c1. The van der Waals surface area contributed by atoms with Gasteiger partial charge in [0, 0.05) is 29.9 Å². The fourth-order valence-corrected chi connectivity index (χ4v) is 4.35. The maximum Gasteiger partial charge on any atom is 0.337 e. The predicted molar refractivity (Wildman–Crippen MR) is 123 cm³/mol. The zero-order valence-corrected chi connectivity index (χ0v) is 19.2. The van der Waals surface area contributed by atoms with Gasteiger partial charge in [0.15, 0.2) is 5.78 Å². The number of ketones is 1. The van der Waals surface area contributed by atoms with Crippen LogP contribution in [-0.4, -0.2) is 36.4 Å². The van der Waals surface area contributed by atoms with Gasteiger partial charge in [-0.15, -0.1) is 0 Å². The third kappa shape index (κ3) is 5.59. The number of hydrogen-bond acceptors (Lipinski definition) is 8. The number of nitro benzene ring substituents is 1. The first kappa shape index (κ1) is 24.9. The van der Waals surface area contributed by atoms with Crippen molar-refractivity contribution < 1.29 is 28.8 Å². The Bertz CT molecular complexity index is 1060. The minimum absolute atomic E-state index is 0.0214. The van der Waals surface area contributed by atoms with Crippen LogP contribution in [0.25, 0.3) is 0 Å². The molecule has 0 saturated heterocycles. The second-order valence-electron chi connectivity index (χ2n) is 8.14. The van der Waals surface area contributed by atoms with Gasteiger partial charge in [-0.2, -0.15) is 0 Å². The second-order valence-corrected chi connectivity index (χ2v) is 8.14. The average molecular weight is 469 g/mol. The Hall–Kier alpha value is -3.75. The Morgan fingerprint density at radius 2 is 1.91 bits per heavy atom. The van der Waals surface area contributed by atoms with Crippen LogP contribution in [0.15, 0.2) is 59.5 Å². The molecular formula is C25H28N2O7. The van der Waals surface area contributed by atoms with Gasteiger partial charge in [-0.05, 0) is 37.5 Å². The summed E-state index contributed by atoms with van der Waals surface area (Å²) in [5.74, 6) is -2.46. The number of hydrogen-bond donors (Lipinski definition) is 1. The molecule has 9 heteroatoms. The maximum atomic E-state index is 13.1. The first-order valence-electron chi connectivity index (χ1n) is 11.3. The summed E-state index contributed by atoms with van der Waals surface area (Å²) in [5.41, 5.74) is 0.597. The van der Waals surface area contributed by atoms with Crippen LogP contribution in [0.1, 0.15) is 50.5 Å². The Balaban J connectivity index is 2.09. The van der Waals surface area contributed by atoms with E-state index in [-0.39, 0.29) is 40.8 Å². The molecule has 1 aliphatic heterocycles. The first-order chi connectivity index (χ1) is 16.4. The molecular weight excluding hydrogens is 440 g/mol. The zero-order valence-electron chi connectivity index (χ0n) is 19.2. The van der Waals surface area contributed by atoms with Gasteiger partial charge in [0.05, 0.1) is 35.7 Å². The number of carbonyl (C=O) groups is 3. The quantitative estimate of drug-likeness (QED) is 0.264. The van der Waals surface area contributed by atoms with E-state index < -0.39 is 22.8 Å². The lowest BCUT2D eigenvalue weighted by Crippen LogP contribution is -2.30. The molecule has 0 spiro atoms. The number of nitro groups is 1. The third-order valence-electron chi connectivity index (χ3n) is 6.03. The highest BCUT2D eigenvalue weighted by atomic mass is 16.6. The molecule has 1 aliphatic carbocycles. The molecule has 1 aromatic carbocycles. The molecule has 1 heterocycles. The Labute approximate surface area is 197 Å². The van der Waals surface area contributed by atoms with Crippen LogP contribution in [0.2, 0.25) is 0 Å². The number of methoxy groups -OCH3 is 1. The summed E-state index contributed by atoms with van der Waals surface area (Å²) in [6.07, 6.45) is 9.17. The number of ether oxygens (including phenoxy) is 2. The number of nitrogens with one attached hydrogen (secondary N) is 1. The molecule has 34 heavy (non-hydrogen) atoms. The number of nitrogens with zero attached hydrogens (tertiary/aromatic N) is 1. The van der Waals surface area contributed by atoms with E-state index in [4.69, 9.17) is 9.47 Å². The highest BCUT2D eigenvalue weighted by molar-refractivity contribution is 6.00. The van der Waals surface area contributed by atoms with Gasteiger partial charge in [-0.25, -0.2) is 9.59 Å². The van der Waals surface area contributed by atoms with Crippen LogP contribution in [-0.2, 0) is 23.9 Å². The van der Waals surface area contributed by atoms with Gasteiger partial charge in [0.1, 0.15) is 0 Å². The minimum atomic E-state index is -0.989. The van der Waals surface area contributed by atoms with E-state index in [0.29, 0.717) is 5.56 Å². The van der Waals surface area contributed by atoms with E-state index in [2.05, 4.69) is 5.32 Å². The van der Waals surface area contributed by atoms with Gasteiger partial charge in [-0.1, -0.05) is 31.4 Å². The highest BCUT2D eigenvalue weighted by Gasteiger charge is 2.37. The normalized spacial score (nSPS) is 18.8. The summed E-state index contributed by atoms with van der Waals surface area (Å²) < 4.78 is 10.1. The van der Waals surface area contributed by atoms with E-state index in [1.807, 2.05) is 0 Å². The van der Waals surface area contributed by atoms with Crippen molar-refractivity contribution in [2.24, 2.45) is 5.92 Å². The van der Waals surface area contributed by atoms with Crippen LogP contribution >= 0.6 is 0 Å². The minimum Gasteiger partial charge on any atom is -0.466 e. The van der Waals surface area contributed by atoms with Gasteiger partial charge in [-0.3, -0.25) is 14.9 Å². The van der Waals surface area contributed by atoms with Crippen molar-refractivity contribution >= 4 is 23.4 Å². The predicted octanol–water partition coefficient (Wildman–Crippen LogP) is 3.86. The molecule has 0 radical (unpaired) electrons. The Morgan fingerprint density at radius 1 is 1.18 bits per heavy atom. The lowest BCUT2D eigenvalue weighted by molar-refractivity contribution is -0.384. The van der Waals surface area contributed by atoms with Gasteiger partial charge >= 0.3 is 11.9 Å². The number of carbonyl (C=O) groups excluding carboxylic acids is 3. The zero-order chi connectivity index (χ0) is 24.7. The van der Waals surface area contributed by atoms with Crippen LogP contribution < -0.4 is 5.32 Å². The largest absolute Gasteiger partial charge is 0.466 e. The molecule has 1 atom stereocenters. The molecule has 3 rings (SSSR count). The fourth-order valence-electron chi connectivity index (χ4n) is 4.35. The van der Waals surface area contributed by atoms with Crippen molar-refractivity contribution in [3.63, 3.8) is 0 Å². The van der Waals surface area contributed by atoms with E-state index in [1.54, 1.807) is 13.0 Å². The molecule has 9 nitrogen and oxygen atoms in total. The second kappa shape index (κ2) is 11.4. The summed E-state index contributed by atoms with van der Waals surface area (Å²) in [5, 5.41) is 14.3. The van der Waals surface area contributed by atoms with Crippen molar-refractivity contribution in [2.75, 3.05) is 13.7 Å². The first-order valence-corrected chi connectivity index (χ1v) is 11.3. The average Bonchev–Trinajstić information content (AvgIpc) is 2.86. The van der Waals surface area contributed by atoms with Gasteiger partial charge in [0.2, 0.25) is 0 Å². The molecule has 0 aromatic heterocycles. The molecule has 1 N–H and O–H groups in total. The van der Waals surface area contributed by atoms with Crippen LogP contribution in [0, 0.1) is 16.0 Å². The summed E-state index contributed by atoms with van der Waals surface area (Å²) in [6, 6.07) is 5.70. The van der Waals surface area contributed by atoms with Gasteiger partial charge < -0.3 is 14.8 Å². The van der Waals surface area contributed by atoms with Crippen molar-refractivity contribution in [3.8, 4) is 0 Å². The lowest BCUT2D eigenvalue weighted by Gasteiger charge is -2.27. The molecule has 180 valence electrons. The molecule has 1 saturated carbocycles. The highest BCUT2D eigenvalue weighted by Crippen LogP contribution is 2.38. The number of rotatable bonds is 8. The smallest absolute Gasteiger partial charge is 0.337 e. The van der Waals surface area contributed by atoms with Crippen molar-refractivity contribution in [1.82, 2.24) is 5.32 Å². The van der Waals surface area contributed by atoms with Crippen molar-refractivity contribution in [1.29, 1.82) is 0 Å². The van der Waals surface area contributed by atoms with E-state index in [0.717, 1.165) is 32.1 Å². The van der Waals surface area contributed by atoms with Crippen LogP contribution in [0.5, 0.6) is 0 Å². The van der Waals surface area contributed by atoms with E-state index in [9.17, 15) is 24.5 Å². The molecule has 1 aromatic rings. The maximum absolute atomic E-state index is 13.1. The monoisotopic (exact) mass is 468 g/mol. The van der Waals surface area contributed by atoms with Gasteiger partial charge in [0.25, 0.3) is 5.69 Å². The summed E-state index contributed by atoms with van der Waals surface area (Å²) in [7, 11) is 1.21. The number of esters is 2. The van der Waals surface area contributed by atoms with Crippen molar-refractivity contribution in [2.45, 2.75) is 44.9 Å². The standard InChI is InChI=1S/C25H28N2O7/c1-3-34-25(30)23-20(12-13-21(28)16-8-5-4-6-9-16)26-15-19(24(29)33-2)22(23)17-10-7-11-18(14-17)27(31)32/h7,10-16,22,26H,3-6,8-9H2,1-2H3/b13-12+. The number of benzene rings is 1. The number of dihydropyridines is 1. The van der Waals surface area contributed by atoms with Crippen LogP contribution in [0.3, 0.4) is 0 Å². The fraction of sp³-hybridized carbons (Fsp3) is 0.400. The number of allylic oxidation sites excluding steroid dienone is 2. The van der Waals surface area contributed by atoms with Crippen LogP contribution in [0.4, 0.5) is 5.69 Å². The molecule has 0 bridgehead atoms. The summed E-state index contributed by atoms with van der Waals surface area (Å²) in [6.45, 7) is 1.73. The lowest BCUT2D eigenvalue weighted by atomic mass is 9.81. The molecule has 1 unspecified atom stereocenters. The Morgan fingerprint density at radius 3 is 2.56 bits per heavy atom. The van der Waals surface area contributed by atoms with E-state index >= 15 is 0 Å². The van der Waals surface area contributed by atoms with Crippen molar-refractivity contribution in [3.05, 3.63) is 75.1 Å². The molecule has 2 aliphatic rings. The number of non-ortho nitro benzene ring substituents is 1. The molecule has 0 amide bonds. The topological polar surface area (TPSA) is 125 Å². The summed E-state index contributed by atoms with van der Waals surface area (Å²) >= 11 is 0.